The van der Waals surface area contributed by atoms with E-state index in [1.165, 1.54) is 0 Å². The van der Waals surface area contributed by atoms with Gasteiger partial charge in [0.25, 0.3) is 0 Å². The summed E-state index contributed by atoms with van der Waals surface area (Å²) in [6, 6.07) is 8.49. The summed E-state index contributed by atoms with van der Waals surface area (Å²) in [5.74, 6) is 0. The molecule has 1 unspecified atom stereocenters. The maximum Gasteiger partial charge on any atom is 0.122 e. The molecular formula is C10H9NO2. The summed E-state index contributed by atoms with van der Waals surface area (Å²) < 4.78 is 0. The van der Waals surface area contributed by atoms with Crippen LogP contribution in [-0.4, -0.2) is 11.4 Å². The fraction of sp³-hybridized carbons (Fsp3) is 0.200. The van der Waals surface area contributed by atoms with Gasteiger partial charge in [0.2, 0.25) is 0 Å². The Kier molecular flexibility index (Phi) is 3.18. The molecule has 0 fully saturated rings. The quantitative estimate of drug-likeness (QED) is 0.701. The van der Waals surface area contributed by atoms with Crippen molar-refractivity contribution >= 4 is 6.29 Å². The number of nitrogens with zero attached hydrogens (tertiary/aromatic N) is 1. The number of hydrogen-bond donors (Lipinski definition) is 1. The first-order valence-corrected chi connectivity index (χ1v) is 3.89. The number of aliphatic hydroxyl groups is 1. The molecule has 0 radical (unpaired) electrons. The summed E-state index contributed by atoms with van der Waals surface area (Å²) in [7, 11) is 0. The first-order valence-electron chi connectivity index (χ1n) is 3.89. The van der Waals surface area contributed by atoms with Crippen LogP contribution < -0.4 is 0 Å². The topological polar surface area (TPSA) is 61.1 Å². The Labute approximate surface area is 76.2 Å². The van der Waals surface area contributed by atoms with Gasteiger partial charge in [-0.25, -0.2) is 0 Å². The zero-order valence-electron chi connectivity index (χ0n) is 6.97. The lowest BCUT2D eigenvalue weighted by atomic mass is 10.1. The molecule has 0 aliphatic rings. The third kappa shape index (κ3) is 2.39. The molecule has 0 aliphatic carbocycles. The third-order valence-corrected chi connectivity index (χ3v) is 1.74. The SMILES string of the molecule is N#Cc1ccc(C(O)CC=O)cc1. The highest BCUT2D eigenvalue weighted by Crippen LogP contribution is 2.15. The van der Waals surface area contributed by atoms with Crippen LogP contribution in [0.4, 0.5) is 0 Å². The highest BCUT2D eigenvalue weighted by Gasteiger charge is 2.05. The van der Waals surface area contributed by atoms with Crippen molar-refractivity contribution in [2.75, 3.05) is 0 Å². The van der Waals surface area contributed by atoms with Gasteiger partial charge < -0.3 is 9.90 Å². The molecular weight excluding hydrogens is 166 g/mol. The zero-order chi connectivity index (χ0) is 9.68. The van der Waals surface area contributed by atoms with Crippen molar-refractivity contribution in [2.45, 2.75) is 12.5 Å². The van der Waals surface area contributed by atoms with E-state index < -0.39 is 6.10 Å². The molecule has 3 nitrogen and oxygen atoms in total. The summed E-state index contributed by atoms with van der Waals surface area (Å²) in [6.07, 6.45) is -0.000333. The van der Waals surface area contributed by atoms with E-state index in [1.807, 2.05) is 6.07 Å². The number of aldehydes is 1. The Bertz CT molecular complexity index is 324. The lowest BCUT2D eigenvalue weighted by Crippen LogP contribution is -1.97. The largest absolute Gasteiger partial charge is 0.388 e. The highest BCUT2D eigenvalue weighted by atomic mass is 16.3. The van der Waals surface area contributed by atoms with Gasteiger partial charge in [-0.1, -0.05) is 12.1 Å². The molecule has 0 amide bonds. The molecule has 66 valence electrons. The minimum atomic E-state index is -0.759. The van der Waals surface area contributed by atoms with Crippen LogP contribution in [0.5, 0.6) is 0 Å². The van der Waals surface area contributed by atoms with E-state index in [4.69, 9.17) is 5.26 Å². The highest BCUT2D eigenvalue weighted by molar-refractivity contribution is 5.51. The Morgan fingerprint density at radius 3 is 2.54 bits per heavy atom. The Balaban J connectivity index is 2.80. The predicted octanol–water partition coefficient (Wildman–Crippen LogP) is 1.18. The van der Waals surface area contributed by atoms with E-state index in [1.54, 1.807) is 24.3 Å². The van der Waals surface area contributed by atoms with Gasteiger partial charge in [0.15, 0.2) is 0 Å². The van der Waals surface area contributed by atoms with Crippen molar-refractivity contribution in [2.24, 2.45) is 0 Å². The molecule has 0 spiro atoms. The molecule has 0 heterocycles. The van der Waals surface area contributed by atoms with Gasteiger partial charge in [-0.15, -0.1) is 0 Å². The third-order valence-electron chi connectivity index (χ3n) is 1.74. The minimum Gasteiger partial charge on any atom is -0.388 e. The molecule has 1 aromatic carbocycles. The monoisotopic (exact) mass is 175 g/mol. The van der Waals surface area contributed by atoms with Crippen LogP contribution in [0.1, 0.15) is 23.7 Å². The second-order valence-electron chi connectivity index (χ2n) is 2.65. The first-order chi connectivity index (χ1) is 6.27. The van der Waals surface area contributed by atoms with Gasteiger partial charge in [-0.05, 0) is 17.7 Å². The van der Waals surface area contributed by atoms with Crippen molar-refractivity contribution in [3.05, 3.63) is 35.4 Å². The van der Waals surface area contributed by atoms with Crippen molar-refractivity contribution in [1.29, 1.82) is 5.26 Å². The van der Waals surface area contributed by atoms with Crippen molar-refractivity contribution in [3.8, 4) is 6.07 Å². The van der Waals surface area contributed by atoms with Crippen molar-refractivity contribution < 1.29 is 9.90 Å². The normalized spacial score (nSPS) is 11.7. The first kappa shape index (κ1) is 9.43. The van der Waals surface area contributed by atoms with Crippen LogP contribution in [0.2, 0.25) is 0 Å². The van der Waals surface area contributed by atoms with Gasteiger partial charge in [0.1, 0.15) is 6.29 Å². The standard InChI is InChI=1S/C10H9NO2/c11-7-8-1-3-9(4-2-8)10(13)5-6-12/h1-4,6,10,13H,5H2. The maximum absolute atomic E-state index is 10.1. The molecule has 0 saturated heterocycles. The molecule has 1 rings (SSSR count). The molecule has 13 heavy (non-hydrogen) atoms. The molecule has 0 aliphatic heterocycles. The lowest BCUT2D eigenvalue weighted by Gasteiger charge is -2.05. The Hall–Kier alpha value is -1.66. The molecule has 0 aromatic heterocycles. The van der Waals surface area contributed by atoms with Gasteiger partial charge in [-0.2, -0.15) is 5.26 Å². The van der Waals surface area contributed by atoms with E-state index in [-0.39, 0.29) is 6.42 Å². The second-order valence-corrected chi connectivity index (χ2v) is 2.65. The maximum atomic E-state index is 10.1. The second kappa shape index (κ2) is 4.39. The van der Waals surface area contributed by atoms with Crippen molar-refractivity contribution in [3.63, 3.8) is 0 Å². The molecule has 0 bridgehead atoms. The van der Waals surface area contributed by atoms with E-state index in [0.29, 0.717) is 17.4 Å². The van der Waals surface area contributed by atoms with Crippen LogP contribution in [0, 0.1) is 11.3 Å². The number of nitriles is 1. The fourth-order valence-corrected chi connectivity index (χ4v) is 1.01. The summed E-state index contributed by atoms with van der Waals surface area (Å²) in [4.78, 5) is 10.1. The summed E-state index contributed by atoms with van der Waals surface area (Å²) in [5.41, 5.74) is 1.20. The van der Waals surface area contributed by atoms with E-state index in [0.717, 1.165) is 0 Å². The van der Waals surface area contributed by atoms with Gasteiger partial charge in [0.05, 0.1) is 17.7 Å². The summed E-state index contributed by atoms with van der Waals surface area (Å²) in [6.45, 7) is 0. The fourth-order valence-electron chi connectivity index (χ4n) is 1.01. The number of aliphatic hydroxyl groups excluding tert-OH is 1. The molecule has 0 saturated carbocycles. The number of benzene rings is 1. The van der Waals surface area contributed by atoms with Gasteiger partial charge in [0, 0.05) is 6.42 Å². The molecule has 3 heteroatoms. The zero-order valence-corrected chi connectivity index (χ0v) is 6.97. The average molecular weight is 175 g/mol. The Morgan fingerprint density at radius 2 is 2.08 bits per heavy atom. The lowest BCUT2D eigenvalue weighted by molar-refractivity contribution is -0.109. The van der Waals surface area contributed by atoms with E-state index in [2.05, 4.69) is 0 Å². The van der Waals surface area contributed by atoms with Crippen LogP contribution in [0.25, 0.3) is 0 Å². The van der Waals surface area contributed by atoms with Crippen LogP contribution >= 0.6 is 0 Å². The predicted molar refractivity (Wildman–Crippen MR) is 46.8 cm³/mol. The Morgan fingerprint density at radius 1 is 1.46 bits per heavy atom. The van der Waals surface area contributed by atoms with Crippen LogP contribution in [0.15, 0.2) is 24.3 Å². The molecule has 1 aromatic rings. The minimum absolute atomic E-state index is 0.0892. The average Bonchev–Trinajstić information content (AvgIpc) is 2.18. The van der Waals surface area contributed by atoms with Gasteiger partial charge in [-0.3, -0.25) is 0 Å². The van der Waals surface area contributed by atoms with Crippen LogP contribution in [-0.2, 0) is 4.79 Å². The number of carbonyl (C=O) groups excluding carboxylic acids is 1. The van der Waals surface area contributed by atoms with Crippen molar-refractivity contribution in [1.82, 2.24) is 0 Å². The number of carbonyl (C=O) groups is 1. The summed E-state index contributed by atoms with van der Waals surface area (Å²) in [5, 5.41) is 17.9. The van der Waals surface area contributed by atoms with E-state index in [9.17, 15) is 9.90 Å². The van der Waals surface area contributed by atoms with Gasteiger partial charge >= 0.3 is 0 Å². The van der Waals surface area contributed by atoms with E-state index >= 15 is 0 Å². The smallest absolute Gasteiger partial charge is 0.122 e. The number of hydrogen-bond acceptors (Lipinski definition) is 3. The van der Waals surface area contributed by atoms with Crippen LogP contribution in [0.3, 0.4) is 0 Å². The molecule has 1 N–H and O–H groups in total. The summed E-state index contributed by atoms with van der Waals surface area (Å²) >= 11 is 0. The number of rotatable bonds is 3. The molecule has 1 atom stereocenters.